The predicted octanol–water partition coefficient (Wildman–Crippen LogP) is 4.15. The van der Waals surface area contributed by atoms with Gasteiger partial charge in [0.1, 0.15) is 17.3 Å². The van der Waals surface area contributed by atoms with E-state index in [0.29, 0.717) is 11.5 Å². The first-order chi connectivity index (χ1) is 8.78. The van der Waals surface area contributed by atoms with Crippen molar-refractivity contribution < 1.29 is 9.13 Å². The molecule has 2 aromatic rings. The molecule has 0 spiro atoms. The number of hydrogen-bond acceptors (Lipinski definition) is 2. The van der Waals surface area contributed by atoms with Crippen LogP contribution in [0, 0.1) is 17.1 Å². The SMILES string of the molecule is N#CC=Cc1ccc(Oc2ccc(F)cc2)cc1. The van der Waals surface area contributed by atoms with Crippen molar-refractivity contribution in [1.29, 1.82) is 5.26 Å². The number of nitrogens with zero attached hydrogens (tertiary/aromatic N) is 1. The first kappa shape index (κ1) is 11.9. The van der Waals surface area contributed by atoms with Crippen LogP contribution in [0.4, 0.5) is 4.39 Å². The Morgan fingerprint density at radius 3 is 2.06 bits per heavy atom. The summed E-state index contributed by atoms with van der Waals surface area (Å²) in [7, 11) is 0. The molecule has 0 aliphatic heterocycles. The Morgan fingerprint density at radius 2 is 1.50 bits per heavy atom. The second-order valence-electron chi connectivity index (χ2n) is 3.59. The molecule has 0 saturated heterocycles. The second kappa shape index (κ2) is 5.65. The van der Waals surface area contributed by atoms with Crippen LogP contribution in [0.15, 0.2) is 54.6 Å². The second-order valence-corrected chi connectivity index (χ2v) is 3.59. The summed E-state index contributed by atoms with van der Waals surface area (Å²) in [5.41, 5.74) is 0.919. The maximum Gasteiger partial charge on any atom is 0.127 e. The molecule has 2 aromatic carbocycles. The predicted molar refractivity (Wildman–Crippen MR) is 67.6 cm³/mol. The van der Waals surface area contributed by atoms with Crippen LogP contribution in [0.2, 0.25) is 0 Å². The van der Waals surface area contributed by atoms with E-state index < -0.39 is 0 Å². The summed E-state index contributed by atoms with van der Waals surface area (Å²) in [6.45, 7) is 0. The fourth-order valence-electron chi connectivity index (χ4n) is 1.42. The molecule has 0 N–H and O–H groups in total. The maximum atomic E-state index is 12.7. The van der Waals surface area contributed by atoms with Gasteiger partial charge in [-0.05, 0) is 48.0 Å². The van der Waals surface area contributed by atoms with Crippen LogP contribution in [-0.4, -0.2) is 0 Å². The molecule has 0 bridgehead atoms. The van der Waals surface area contributed by atoms with Gasteiger partial charge < -0.3 is 4.74 Å². The molecule has 18 heavy (non-hydrogen) atoms. The van der Waals surface area contributed by atoms with Crippen LogP contribution in [0.1, 0.15) is 5.56 Å². The number of nitriles is 1. The number of ether oxygens (including phenoxy) is 1. The lowest BCUT2D eigenvalue weighted by Gasteiger charge is -2.05. The molecule has 2 rings (SSSR count). The Kier molecular flexibility index (Phi) is 3.72. The van der Waals surface area contributed by atoms with Crippen molar-refractivity contribution in [2.24, 2.45) is 0 Å². The minimum Gasteiger partial charge on any atom is -0.457 e. The van der Waals surface area contributed by atoms with Gasteiger partial charge in [0.05, 0.1) is 6.07 Å². The van der Waals surface area contributed by atoms with Gasteiger partial charge >= 0.3 is 0 Å². The zero-order valence-corrected chi connectivity index (χ0v) is 9.51. The molecule has 88 valence electrons. The summed E-state index contributed by atoms with van der Waals surface area (Å²) < 4.78 is 18.2. The minimum absolute atomic E-state index is 0.292. The van der Waals surface area contributed by atoms with Crippen molar-refractivity contribution in [3.63, 3.8) is 0 Å². The Balaban J connectivity index is 2.09. The van der Waals surface area contributed by atoms with E-state index in [1.807, 2.05) is 18.2 Å². The normalized spacial score (nSPS) is 10.2. The summed E-state index contributed by atoms with van der Waals surface area (Å²) in [6, 6.07) is 15.0. The highest BCUT2D eigenvalue weighted by Gasteiger charge is 1.97. The number of hydrogen-bond donors (Lipinski definition) is 0. The van der Waals surface area contributed by atoms with Gasteiger partial charge in [0.2, 0.25) is 0 Å². The van der Waals surface area contributed by atoms with Crippen molar-refractivity contribution in [2.45, 2.75) is 0 Å². The third kappa shape index (κ3) is 3.19. The zero-order chi connectivity index (χ0) is 12.8. The molecule has 0 fully saturated rings. The molecule has 3 heteroatoms. The highest BCUT2D eigenvalue weighted by molar-refractivity contribution is 5.53. The summed E-state index contributed by atoms with van der Waals surface area (Å²) in [5.74, 6) is 0.951. The van der Waals surface area contributed by atoms with Gasteiger partial charge in [-0.15, -0.1) is 0 Å². The van der Waals surface area contributed by atoms with Crippen LogP contribution in [0.25, 0.3) is 6.08 Å². The topological polar surface area (TPSA) is 33.0 Å². The number of rotatable bonds is 3. The van der Waals surface area contributed by atoms with E-state index in [1.54, 1.807) is 30.3 Å². The number of benzene rings is 2. The fourth-order valence-corrected chi connectivity index (χ4v) is 1.42. The van der Waals surface area contributed by atoms with Crippen molar-refractivity contribution in [3.05, 3.63) is 66.0 Å². The highest BCUT2D eigenvalue weighted by atomic mass is 19.1. The molecular weight excluding hydrogens is 229 g/mol. The molecule has 0 amide bonds. The zero-order valence-electron chi connectivity index (χ0n) is 9.51. The average molecular weight is 239 g/mol. The van der Waals surface area contributed by atoms with Gasteiger partial charge in [-0.1, -0.05) is 12.1 Å². The lowest BCUT2D eigenvalue weighted by Crippen LogP contribution is -1.84. The van der Waals surface area contributed by atoms with Crippen LogP contribution < -0.4 is 4.74 Å². The summed E-state index contributed by atoms with van der Waals surface area (Å²) >= 11 is 0. The van der Waals surface area contributed by atoms with Crippen LogP contribution in [-0.2, 0) is 0 Å². The number of halogens is 1. The quantitative estimate of drug-likeness (QED) is 0.753. The summed E-state index contributed by atoms with van der Waals surface area (Å²) in [4.78, 5) is 0. The summed E-state index contributed by atoms with van der Waals surface area (Å²) in [6.07, 6.45) is 3.12. The maximum absolute atomic E-state index is 12.7. The molecule has 2 nitrogen and oxygen atoms in total. The first-order valence-electron chi connectivity index (χ1n) is 5.37. The van der Waals surface area contributed by atoms with Crippen molar-refractivity contribution >= 4 is 6.08 Å². The molecule has 0 unspecified atom stereocenters. The van der Waals surface area contributed by atoms with Crippen molar-refractivity contribution in [2.75, 3.05) is 0 Å². The Morgan fingerprint density at radius 1 is 0.944 bits per heavy atom. The van der Waals surface area contributed by atoms with E-state index in [-0.39, 0.29) is 5.82 Å². The summed E-state index contributed by atoms with van der Waals surface area (Å²) in [5, 5.41) is 8.41. The van der Waals surface area contributed by atoms with E-state index in [1.165, 1.54) is 18.2 Å². The first-order valence-corrected chi connectivity index (χ1v) is 5.37. The molecule has 0 atom stereocenters. The van der Waals surface area contributed by atoms with Crippen LogP contribution >= 0.6 is 0 Å². The van der Waals surface area contributed by atoms with Gasteiger partial charge in [0.15, 0.2) is 0 Å². The smallest absolute Gasteiger partial charge is 0.127 e. The molecular formula is C15H10FNO. The molecule has 0 aliphatic rings. The minimum atomic E-state index is -0.292. The van der Waals surface area contributed by atoms with Crippen LogP contribution in [0.5, 0.6) is 11.5 Å². The largest absolute Gasteiger partial charge is 0.457 e. The van der Waals surface area contributed by atoms with Gasteiger partial charge in [0.25, 0.3) is 0 Å². The van der Waals surface area contributed by atoms with E-state index in [9.17, 15) is 4.39 Å². The standard InChI is InChI=1S/C15H10FNO/c16-13-5-9-15(10-6-13)18-14-7-3-12(4-8-14)2-1-11-17/h1-10H. The number of allylic oxidation sites excluding steroid dienone is 1. The van der Waals surface area contributed by atoms with E-state index in [2.05, 4.69) is 0 Å². The Hall–Kier alpha value is -2.60. The lowest BCUT2D eigenvalue weighted by atomic mass is 10.2. The van der Waals surface area contributed by atoms with E-state index in [4.69, 9.17) is 10.00 Å². The van der Waals surface area contributed by atoms with Gasteiger partial charge in [-0.2, -0.15) is 5.26 Å². The Labute approximate surface area is 105 Å². The molecule has 0 aromatic heterocycles. The van der Waals surface area contributed by atoms with Gasteiger partial charge in [0, 0.05) is 6.08 Å². The molecule has 0 aliphatic carbocycles. The van der Waals surface area contributed by atoms with E-state index in [0.717, 1.165) is 5.56 Å². The van der Waals surface area contributed by atoms with Crippen molar-refractivity contribution in [3.8, 4) is 17.6 Å². The fraction of sp³-hybridized carbons (Fsp3) is 0. The average Bonchev–Trinajstić information content (AvgIpc) is 2.41. The molecule has 0 radical (unpaired) electrons. The lowest BCUT2D eigenvalue weighted by molar-refractivity contribution is 0.480. The van der Waals surface area contributed by atoms with Gasteiger partial charge in [-0.25, -0.2) is 4.39 Å². The van der Waals surface area contributed by atoms with E-state index >= 15 is 0 Å². The monoisotopic (exact) mass is 239 g/mol. The molecule has 0 saturated carbocycles. The van der Waals surface area contributed by atoms with Crippen LogP contribution in [0.3, 0.4) is 0 Å². The van der Waals surface area contributed by atoms with Crippen molar-refractivity contribution in [1.82, 2.24) is 0 Å². The third-order valence-corrected chi connectivity index (χ3v) is 2.28. The Bertz CT molecular complexity index is 579. The third-order valence-electron chi connectivity index (χ3n) is 2.28. The highest BCUT2D eigenvalue weighted by Crippen LogP contribution is 2.22. The molecule has 0 heterocycles. The van der Waals surface area contributed by atoms with Gasteiger partial charge in [-0.3, -0.25) is 0 Å².